The average molecular weight is 469 g/mol. The van der Waals surface area contributed by atoms with Gasteiger partial charge in [-0.3, -0.25) is 0 Å². The summed E-state index contributed by atoms with van der Waals surface area (Å²) in [5.41, 5.74) is 8.61. The van der Waals surface area contributed by atoms with Crippen molar-refractivity contribution < 1.29 is 9.52 Å². The Morgan fingerprint density at radius 2 is 1.74 bits per heavy atom. The van der Waals surface area contributed by atoms with Crippen LogP contribution in [0.1, 0.15) is 62.6 Å². The Balaban J connectivity index is 1.80. The summed E-state index contributed by atoms with van der Waals surface area (Å²) < 4.78 is 6.16. The number of benzene rings is 3. The molecule has 0 aliphatic heterocycles. The van der Waals surface area contributed by atoms with Gasteiger partial charge < -0.3 is 9.52 Å². The second kappa shape index (κ2) is 7.73. The number of halogens is 1. The second-order valence-corrected chi connectivity index (χ2v) is 10.5. The number of furan rings is 1. The van der Waals surface area contributed by atoms with Crippen molar-refractivity contribution in [1.82, 2.24) is 0 Å². The molecule has 0 atom stereocenters. The normalized spacial score (nSPS) is 14.6. The largest absolute Gasteiger partial charge is 0.456 e. The quantitative estimate of drug-likeness (QED) is 0.324. The Bertz CT molecular complexity index is 1490. The first-order valence-electron chi connectivity index (χ1n) is 11.6. The third kappa shape index (κ3) is 3.28. The smallest absolute Gasteiger partial charge is 0.136 e. The summed E-state index contributed by atoms with van der Waals surface area (Å²) in [7, 11) is 0. The highest BCUT2D eigenvalue weighted by Crippen LogP contribution is 2.53. The molecule has 1 N–H and O–H groups in total. The summed E-state index contributed by atoms with van der Waals surface area (Å²) >= 11 is 6.29. The summed E-state index contributed by atoms with van der Waals surface area (Å²) in [6.45, 7) is 14.1. The predicted molar refractivity (Wildman–Crippen MR) is 144 cm³/mol. The monoisotopic (exact) mass is 468 g/mol. The van der Waals surface area contributed by atoms with Crippen LogP contribution in [0.3, 0.4) is 0 Å². The Labute approximate surface area is 206 Å². The van der Waals surface area contributed by atoms with Crippen molar-refractivity contribution in [1.29, 1.82) is 0 Å². The lowest BCUT2D eigenvalue weighted by atomic mass is 9.80. The van der Waals surface area contributed by atoms with Crippen molar-refractivity contribution in [2.24, 2.45) is 0 Å². The van der Waals surface area contributed by atoms with E-state index in [0.29, 0.717) is 5.02 Å². The Kier molecular flexibility index (Phi) is 5.16. The van der Waals surface area contributed by atoms with E-state index in [9.17, 15) is 5.11 Å². The maximum absolute atomic E-state index is 10.8. The summed E-state index contributed by atoms with van der Waals surface area (Å²) in [4.78, 5) is 0. The van der Waals surface area contributed by atoms with Gasteiger partial charge in [0.05, 0.1) is 5.60 Å². The van der Waals surface area contributed by atoms with Crippen molar-refractivity contribution in [3.8, 4) is 22.3 Å². The van der Waals surface area contributed by atoms with E-state index < -0.39 is 5.60 Å². The van der Waals surface area contributed by atoms with E-state index >= 15 is 0 Å². The Hall–Kier alpha value is -3.07. The van der Waals surface area contributed by atoms with E-state index in [1.54, 1.807) is 19.9 Å². The van der Waals surface area contributed by atoms with Crippen molar-refractivity contribution >= 4 is 34.7 Å². The minimum absolute atomic E-state index is 0.186. The van der Waals surface area contributed by atoms with Gasteiger partial charge in [-0.15, -0.1) is 0 Å². The van der Waals surface area contributed by atoms with Crippen LogP contribution in [0.2, 0.25) is 5.02 Å². The molecule has 0 saturated carbocycles. The van der Waals surface area contributed by atoms with Crippen molar-refractivity contribution in [2.75, 3.05) is 0 Å². The molecule has 0 unspecified atom stereocenters. The maximum atomic E-state index is 10.8. The fourth-order valence-electron chi connectivity index (χ4n) is 5.38. The molecular weight excluding hydrogens is 440 g/mol. The molecular formula is C31H29ClO2. The van der Waals surface area contributed by atoms with Crippen molar-refractivity contribution in [2.45, 2.75) is 45.6 Å². The molecule has 0 fully saturated rings. The average Bonchev–Trinajstić information content (AvgIpc) is 3.25. The molecule has 0 radical (unpaired) electrons. The molecule has 3 heteroatoms. The van der Waals surface area contributed by atoms with Gasteiger partial charge in [-0.05, 0) is 90.1 Å². The number of fused-ring (bicyclic) bond motifs is 5. The number of hydrogen-bond acceptors (Lipinski definition) is 2. The highest BCUT2D eigenvalue weighted by atomic mass is 35.5. The number of hydrogen-bond donors (Lipinski definition) is 1. The van der Waals surface area contributed by atoms with Gasteiger partial charge in [-0.2, -0.15) is 0 Å². The highest BCUT2D eigenvalue weighted by Gasteiger charge is 2.38. The van der Waals surface area contributed by atoms with Crippen LogP contribution in [0.15, 0.2) is 65.6 Å². The molecule has 1 aliphatic carbocycles. The second-order valence-electron chi connectivity index (χ2n) is 10.1. The maximum Gasteiger partial charge on any atom is 0.136 e. The van der Waals surface area contributed by atoms with E-state index in [1.807, 2.05) is 31.2 Å². The van der Waals surface area contributed by atoms with Crippen LogP contribution >= 0.6 is 11.6 Å². The fourth-order valence-corrected chi connectivity index (χ4v) is 5.56. The van der Waals surface area contributed by atoms with Gasteiger partial charge in [-0.25, -0.2) is 0 Å². The topological polar surface area (TPSA) is 33.4 Å². The molecule has 34 heavy (non-hydrogen) atoms. The Morgan fingerprint density at radius 3 is 2.41 bits per heavy atom. The molecule has 1 aliphatic rings. The van der Waals surface area contributed by atoms with E-state index in [-0.39, 0.29) is 5.41 Å². The zero-order valence-electron chi connectivity index (χ0n) is 20.3. The van der Waals surface area contributed by atoms with E-state index in [4.69, 9.17) is 16.0 Å². The van der Waals surface area contributed by atoms with E-state index in [2.05, 4.69) is 56.8 Å². The zero-order valence-corrected chi connectivity index (χ0v) is 21.0. The number of allylic oxidation sites excluding steroid dienone is 1. The molecule has 0 amide bonds. The first kappa shape index (κ1) is 22.7. The van der Waals surface area contributed by atoms with Crippen molar-refractivity contribution in [3.63, 3.8) is 0 Å². The van der Waals surface area contributed by atoms with Crippen LogP contribution in [0.5, 0.6) is 0 Å². The minimum atomic E-state index is -1.01. The molecule has 3 aromatic carbocycles. The standard InChI is InChI=1S/C31H29ClO2/c1-7-9-22-26(8-2)34-27-15-14-23-28(29(22)27)21-12-10-18(16-24(21)30(23,3)4)20-13-11-19(32)17-25(20)31(5,6)33/h7-17,33H,2H2,1,3-6H3/b9-7-. The number of rotatable bonds is 4. The van der Waals surface area contributed by atoms with E-state index in [0.717, 1.165) is 39.0 Å². The van der Waals surface area contributed by atoms with Crippen LogP contribution < -0.4 is 0 Å². The number of aliphatic hydroxyl groups is 1. The van der Waals surface area contributed by atoms with Gasteiger partial charge in [0, 0.05) is 21.4 Å². The van der Waals surface area contributed by atoms with Gasteiger partial charge in [0.25, 0.3) is 0 Å². The van der Waals surface area contributed by atoms with Gasteiger partial charge in [0.2, 0.25) is 0 Å². The minimum Gasteiger partial charge on any atom is -0.456 e. The molecule has 172 valence electrons. The molecule has 0 spiro atoms. The first-order chi connectivity index (χ1) is 16.1. The van der Waals surface area contributed by atoms with Gasteiger partial charge in [0.1, 0.15) is 11.3 Å². The molecule has 5 rings (SSSR count). The third-order valence-corrected chi connectivity index (χ3v) is 7.26. The summed E-state index contributed by atoms with van der Waals surface area (Å²) in [5, 5.41) is 12.6. The van der Waals surface area contributed by atoms with Crippen LogP contribution in [-0.2, 0) is 11.0 Å². The molecule has 0 bridgehead atoms. The fraction of sp³-hybridized carbons (Fsp3) is 0.226. The van der Waals surface area contributed by atoms with Gasteiger partial charge in [0.15, 0.2) is 0 Å². The van der Waals surface area contributed by atoms with Crippen molar-refractivity contribution in [3.05, 3.63) is 94.2 Å². The van der Waals surface area contributed by atoms with Crippen LogP contribution in [0.25, 0.3) is 45.4 Å². The SMILES string of the molecule is C=Cc1oc2ccc3c(c2c1/C=C\C)-c1ccc(-c2ccc(Cl)cc2C(C)(C)O)cc1C3(C)C. The highest BCUT2D eigenvalue weighted by molar-refractivity contribution is 6.30. The van der Waals surface area contributed by atoms with Gasteiger partial charge in [-0.1, -0.05) is 68.4 Å². The molecule has 2 nitrogen and oxygen atoms in total. The lowest BCUT2D eigenvalue weighted by Crippen LogP contribution is -2.17. The summed E-state index contributed by atoms with van der Waals surface area (Å²) in [5.74, 6) is 0.792. The van der Waals surface area contributed by atoms with Crippen LogP contribution in [0, 0.1) is 0 Å². The molecule has 4 aromatic rings. The Morgan fingerprint density at radius 1 is 1.00 bits per heavy atom. The molecule has 0 saturated heterocycles. The predicted octanol–water partition coefficient (Wildman–Crippen LogP) is 8.96. The van der Waals surface area contributed by atoms with Crippen LogP contribution in [0.4, 0.5) is 0 Å². The van der Waals surface area contributed by atoms with E-state index in [1.165, 1.54) is 22.3 Å². The molecule has 1 aromatic heterocycles. The zero-order chi connectivity index (χ0) is 24.4. The lowest BCUT2D eigenvalue weighted by Gasteiger charge is -2.24. The van der Waals surface area contributed by atoms with Gasteiger partial charge >= 0.3 is 0 Å². The third-order valence-electron chi connectivity index (χ3n) is 7.03. The first-order valence-corrected chi connectivity index (χ1v) is 12.0. The summed E-state index contributed by atoms with van der Waals surface area (Å²) in [6, 6.07) is 16.6. The molecule has 1 heterocycles. The lowest BCUT2D eigenvalue weighted by molar-refractivity contribution is 0.0792. The summed E-state index contributed by atoms with van der Waals surface area (Å²) in [6.07, 6.45) is 5.93. The van der Waals surface area contributed by atoms with Crippen LogP contribution in [-0.4, -0.2) is 5.11 Å².